The quantitative estimate of drug-likeness (QED) is 0.339. The van der Waals surface area contributed by atoms with Gasteiger partial charge >= 0.3 is 35.5 Å². The van der Waals surface area contributed by atoms with Gasteiger partial charge in [0.05, 0.1) is 6.10 Å². The molecule has 0 aliphatic rings. The molecule has 0 bridgehead atoms. The summed E-state index contributed by atoms with van der Waals surface area (Å²) in [6.07, 6.45) is 16.3. The van der Waals surface area contributed by atoms with E-state index in [0.717, 1.165) is 38.5 Å². The average molecular weight is 324 g/mol. The molecule has 128 valence electrons. The van der Waals surface area contributed by atoms with Gasteiger partial charge in [-0.3, -0.25) is 4.79 Å². The monoisotopic (exact) mass is 324 g/mol. The summed E-state index contributed by atoms with van der Waals surface area (Å²) in [5, 5.41) is 18.4. The van der Waals surface area contributed by atoms with Crippen LogP contribution in [0.2, 0.25) is 0 Å². The van der Waals surface area contributed by atoms with Crippen molar-refractivity contribution in [3.05, 3.63) is 0 Å². The molecule has 0 saturated carbocycles. The minimum Gasteiger partial charge on any atom is -1.00 e. The SMILES string of the molecule is CCCCCCC(O)CCCCCCCCCCC(=O)O.[H-].[Na+]. The van der Waals surface area contributed by atoms with Crippen LogP contribution in [0.15, 0.2) is 0 Å². The first kappa shape index (κ1) is 24.7. The van der Waals surface area contributed by atoms with Crippen LogP contribution < -0.4 is 29.6 Å². The molecule has 0 aliphatic heterocycles. The maximum absolute atomic E-state index is 10.3. The van der Waals surface area contributed by atoms with Crippen molar-refractivity contribution in [1.29, 1.82) is 0 Å². The number of rotatable bonds is 16. The molecule has 1 unspecified atom stereocenters. The summed E-state index contributed by atoms with van der Waals surface area (Å²) < 4.78 is 0. The molecule has 0 heterocycles. The molecule has 0 amide bonds. The predicted octanol–water partition coefficient (Wildman–Crippen LogP) is 2.42. The number of carboxylic acid groups (broad SMARTS) is 1. The Bertz CT molecular complexity index is 240. The van der Waals surface area contributed by atoms with Gasteiger partial charge in [-0.1, -0.05) is 77.6 Å². The van der Waals surface area contributed by atoms with Crippen molar-refractivity contribution in [1.82, 2.24) is 0 Å². The van der Waals surface area contributed by atoms with Crippen LogP contribution in [0.5, 0.6) is 0 Å². The summed E-state index contributed by atoms with van der Waals surface area (Å²) in [4.78, 5) is 10.3. The minimum absolute atomic E-state index is 0. The molecule has 0 aromatic carbocycles. The van der Waals surface area contributed by atoms with Crippen LogP contribution in [0.3, 0.4) is 0 Å². The van der Waals surface area contributed by atoms with Crippen LogP contribution in [0.25, 0.3) is 0 Å². The summed E-state index contributed by atoms with van der Waals surface area (Å²) >= 11 is 0. The second-order valence-corrected chi connectivity index (χ2v) is 6.26. The zero-order chi connectivity index (χ0) is 15.8. The number of unbranched alkanes of at least 4 members (excludes halogenated alkanes) is 10. The van der Waals surface area contributed by atoms with Gasteiger partial charge < -0.3 is 11.6 Å². The molecule has 0 radical (unpaired) electrons. The van der Waals surface area contributed by atoms with E-state index in [-0.39, 0.29) is 37.1 Å². The largest absolute Gasteiger partial charge is 1.00 e. The Labute approximate surface area is 161 Å². The summed E-state index contributed by atoms with van der Waals surface area (Å²) in [5.41, 5.74) is 0. The van der Waals surface area contributed by atoms with Crippen LogP contribution in [0, 0.1) is 0 Å². The fraction of sp³-hybridized carbons (Fsp3) is 0.944. The molecule has 0 spiro atoms. The fourth-order valence-electron chi connectivity index (χ4n) is 2.67. The Hall–Kier alpha value is 0.430. The summed E-state index contributed by atoms with van der Waals surface area (Å²) in [7, 11) is 0. The second-order valence-electron chi connectivity index (χ2n) is 6.26. The topological polar surface area (TPSA) is 57.5 Å². The first-order valence-electron chi connectivity index (χ1n) is 9.06. The molecule has 3 nitrogen and oxygen atoms in total. The molecular weight excluding hydrogens is 287 g/mol. The van der Waals surface area contributed by atoms with E-state index < -0.39 is 5.97 Å². The van der Waals surface area contributed by atoms with Gasteiger partial charge in [0, 0.05) is 6.42 Å². The number of aliphatic hydroxyl groups is 1. The van der Waals surface area contributed by atoms with Crippen LogP contribution in [0.4, 0.5) is 0 Å². The molecule has 2 N–H and O–H groups in total. The van der Waals surface area contributed by atoms with Gasteiger partial charge in [-0.25, -0.2) is 0 Å². The van der Waals surface area contributed by atoms with E-state index in [1.54, 1.807) is 0 Å². The zero-order valence-electron chi connectivity index (χ0n) is 16.0. The van der Waals surface area contributed by atoms with Gasteiger partial charge in [-0.05, 0) is 19.3 Å². The van der Waals surface area contributed by atoms with E-state index in [1.807, 2.05) is 0 Å². The molecule has 1 atom stereocenters. The molecule has 22 heavy (non-hydrogen) atoms. The van der Waals surface area contributed by atoms with Crippen molar-refractivity contribution in [3.8, 4) is 0 Å². The van der Waals surface area contributed by atoms with Crippen molar-refractivity contribution in [2.75, 3.05) is 0 Å². The van der Waals surface area contributed by atoms with Crippen LogP contribution in [-0.2, 0) is 4.79 Å². The second kappa shape index (κ2) is 19.5. The van der Waals surface area contributed by atoms with E-state index in [2.05, 4.69) is 6.92 Å². The van der Waals surface area contributed by atoms with Crippen molar-refractivity contribution in [2.45, 2.75) is 109 Å². The third-order valence-electron chi connectivity index (χ3n) is 4.07. The van der Waals surface area contributed by atoms with Crippen molar-refractivity contribution < 1.29 is 46.0 Å². The Kier molecular flexibility index (Phi) is 21.8. The van der Waals surface area contributed by atoms with Crippen LogP contribution >= 0.6 is 0 Å². The van der Waals surface area contributed by atoms with Gasteiger partial charge in [0.15, 0.2) is 0 Å². The van der Waals surface area contributed by atoms with Gasteiger partial charge in [-0.2, -0.15) is 0 Å². The predicted molar refractivity (Wildman–Crippen MR) is 89.7 cm³/mol. The van der Waals surface area contributed by atoms with Crippen molar-refractivity contribution in [3.63, 3.8) is 0 Å². The number of carboxylic acids is 1. The van der Waals surface area contributed by atoms with E-state index in [9.17, 15) is 9.90 Å². The standard InChI is InChI=1S/C18H36O3.Na.H/c1-2-3-4-11-14-17(19)15-12-9-7-5-6-8-10-13-16-18(20)21;;/h17,19H,2-16H2,1H3,(H,20,21);;/q;+1;-1. The smallest absolute Gasteiger partial charge is 1.00 e. The summed E-state index contributed by atoms with van der Waals surface area (Å²) in [6.45, 7) is 2.21. The zero-order valence-corrected chi connectivity index (χ0v) is 17.0. The molecule has 0 fully saturated rings. The molecular formula is C18H37NaO3. The third-order valence-corrected chi connectivity index (χ3v) is 4.07. The fourth-order valence-corrected chi connectivity index (χ4v) is 2.67. The van der Waals surface area contributed by atoms with Crippen LogP contribution in [-0.4, -0.2) is 22.3 Å². The van der Waals surface area contributed by atoms with E-state index in [0.29, 0.717) is 6.42 Å². The average Bonchev–Trinajstić information content (AvgIpc) is 2.45. The molecule has 0 aromatic heterocycles. The van der Waals surface area contributed by atoms with Gasteiger partial charge in [0.1, 0.15) is 0 Å². The van der Waals surface area contributed by atoms with Crippen LogP contribution in [0.1, 0.15) is 105 Å². The van der Waals surface area contributed by atoms with Crippen molar-refractivity contribution >= 4 is 5.97 Å². The number of hydrogen-bond acceptors (Lipinski definition) is 2. The maximum atomic E-state index is 10.3. The van der Waals surface area contributed by atoms with E-state index >= 15 is 0 Å². The van der Waals surface area contributed by atoms with E-state index in [1.165, 1.54) is 51.4 Å². The minimum atomic E-state index is -0.678. The third kappa shape index (κ3) is 20.4. The molecule has 0 aromatic rings. The Morgan fingerprint density at radius 1 is 0.818 bits per heavy atom. The van der Waals surface area contributed by atoms with E-state index in [4.69, 9.17) is 5.11 Å². The first-order chi connectivity index (χ1) is 10.2. The molecule has 0 rings (SSSR count). The number of hydrogen-bond donors (Lipinski definition) is 2. The molecule has 0 saturated heterocycles. The summed E-state index contributed by atoms with van der Waals surface area (Å²) in [6, 6.07) is 0. The Balaban J connectivity index is -0.00000200. The maximum Gasteiger partial charge on any atom is 1.00 e. The Morgan fingerprint density at radius 2 is 1.23 bits per heavy atom. The Morgan fingerprint density at radius 3 is 1.68 bits per heavy atom. The van der Waals surface area contributed by atoms with Gasteiger partial charge in [-0.15, -0.1) is 0 Å². The normalized spacial score (nSPS) is 11.9. The molecule has 0 aliphatic carbocycles. The number of carbonyl (C=O) groups is 1. The van der Waals surface area contributed by atoms with Gasteiger partial charge in [0.2, 0.25) is 0 Å². The van der Waals surface area contributed by atoms with Gasteiger partial charge in [0.25, 0.3) is 0 Å². The number of aliphatic carboxylic acids is 1. The van der Waals surface area contributed by atoms with Crippen molar-refractivity contribution in [2.24, 2.45) is 0 Å². The summed E-state index contributed by atoms with van der Waals surface area (Å²) in [5.74, 6) is -0.678. The molecule has 4 heteroatoms. The first-order valence-corrected chi connectivity index (χ1v) is 9.06. The number of aliphatic hydroxyl groups excluding tert-OH is 1.